The maximum atomic E-state index is 12.2. The fourth-order valence-corrected chi connectivity index (χ4v) is 3.32. The van der Waals surface area contributed by atoms with Crippen LogP contribution in [0.4, 0.5) is 22.7 Å². The number of aromatic nitrogens is 1. The van der Waals surface area contributed by atoms with Gasteiger partial charge in [0.15, 0.2) is 0 Å². The zero-order chi connectivity index (χ0) is 20.1. The molecule has 2 heterocycles. The molecule has 0 unspecified atom stereocenters. The van der Waals surface area contributed by atoms with Crippen molar-refractivity contribution in [1.29, 1.82) is 0 Å². The third-order valence-electron chi connectivity index (χ3n) is 5.09. The van der Waals surface area contributed by atoms with Gasteiger partial charge in [0.05, 0.1) is 5.56 Å². The van der Waals surface area contributed by atoms with Crippen LogP contribution in [0.5, 0.6) is 0 Å². The number of benzene rings is 2. The summed E-state index contributed by atoms with van der Waals surface area (Å²) in [6.45, 7) is 4.33. The van der Waals surface area contributed by atoms with Crippen LogP contribution in [-0.4, -0.2) is 49.0 Å². The lowest BCUT2D eigenvalue weighted by Crippen LogP contribution is -2.44. The second-order valence-electron chi connectivity index (χ2n) is 7.24. The number of likely N-dealkylation sites (N-methyl/N-ethyl adjacent to an activating group) is 1. The molecule has 1 aromatic heterocycles. The molecule has 6 nitrogen and oxygen atoms in total. The van der Waals surface area contributed by atoms with E-state index < -0.39 is 0 Å². The van der Waals surface area contributed by atoms with E-state index in [9.17, 15) is 4.79 Å². The van der Waals surface area contributed by atoms with Crippen molar-refractivity contribution in [2.45, 2.75) is 0 Å². The predicted molar refractivity (Wildman–Crippen MR) is 118 cm³/mol. The van der Waals surface area contributed by atoms with E-state index in [1.165, 1.54) is 5.69 Å². The van der Waals surface area contributed by atoms with E-state index in [0.717, 1.165) is 43.2 Å². The molecular weight excluding hydrogens is 362 g/mol. The highest BCUT2D eigenvalue weighted by atomic mass is 16.1. The topological polar surface area (TPSA) is 60.5 Å². The predicted octanol–water partition coefficient (Wildman–Crippen LogP) is 3.83. The Labute approximate surface area is 171 Å². The molecule has 0 spiro atoms. The van der Waals surface area contributed by atoms with Gasteiger partial charge < -0.3 is 20.4 Å². The van der Waals surface area contributed by atoms with Crippen LogP contribution in [0.25, 0.3) is 0 Å². The summed E-state index contributed by atoms with van der Waals surface area (Å²) in [5.41, 5.74) is 4.55. The van der Waals surface area contributed by atoms with Crippen molar-refractivity contribution in [1.82, 2.24) is 9.88 Å². The zero-order valence-electron chi connectivity index (χ0n) is 16.5. The van der Waals surface area contributed by atoms with Crippen molar-refractivity contribution >= 4 is 28.7 Å². The Hall–Kier alpha value is -3.38. The molecule has 0 saturated carbocycles. The Kier molecular flexibility index (Phi) is 5.72. The van der Waals surface area contributed by atoms with E-state index in [2.05, 4.69) is 56.7 Å². The van der Waals surface area contributed by atoms with Crippen LogP contribution < -0.4 is 15.5 Å². The van der Waals surface area contributed by atoms with Crippen LogP contribution in [0.1, 0.15) is 10.4 Å². The number of nitrogens with one attached hydrogen (secondary N) is 2. The Balaban J connectivity index is 1.34. The highest BCUT2D eigenvalue weighted by Gasteiger charge is 2.14. The van der Waals surface area contributed by atoms with Crippen molar-refractivity contribution in [2.24, 2.45) is 0 Å². The first-order valence-electron chi connectivity index (χ1n) is 9.79. The molecule has 2 aromatic carbocycles. The van der Waals surface area contributed by atoms with Crippen LogP contribution in [0.2, 0.25) is 0 Å². The maximum Gasteiger partial charge on any atom is 0.257 e. The van der Waals surface area contributed by atoms with E-state index in [0.29, 0.717) is 5.56 Å². The van der Waals surface area contributed by atoms with Crippen LogP contribution in [0, 0.1) is 0 Å². The van der Waals surface area contributed by atoms with E-state index in [4.69, 9.17) is 0 Å². The van der Waals surface area contributed by atoms with Crippen molar-refractivity contribution in [3.8, 4) is 0 Å². The molecule has 0 aliphatic carbocycles. The molecule has 1 aliphatic rings. The summed E-state index contributed by atoms with van der Waals surface area (Å²) in [7, 11) is 2.17. The van der Waals surface area contributed by atoms with Gasteiger partial charge in [-0.15, -0.1) is 0 Å². The standard InChI is InChI=1S/C23H25N5O/c1-27-13-15-28(16-14-27)22-10-8-20(9-11-22)25-19-4-6-21(7-5-19)26-23(29)18-3-2-12-24-17-18/h2-12,17,25H,13-16H2,1H3,(H,26,29). The van der Waals surface area contributed by atoms with Crippen molar-refractivity contribution in [2.75, 3.05) is 48.8 Å². The fourth-order valence-electron chi connectivity index (χ4n) is 3.32. The highest BCUT2D eigenvalue weighted by Crippen LogP contribution is 2.23. The van der Waals surface area contributed by atoms with Gasteiger partial charge in [0.1, 0.15) is 0 Å². The lowest BCUT2D eigenvalue weighted by Gasteiger charge is -2.34. The molecule has 6 heteroatoms. The number of hydrogen-bond acceptors (Lipinski definition) is 5. The molecule has 29 heavy (non-hydrogen) atoms. The molecular formula is C23H25N5O. The van der Waals surface area contributed by atoms with Crippen LogP contribution in [0.3, 0.4) is 0 Å². The molecule has 3 aromatic rings. The second kappa shape index (κ2) is 8.75. The number of anilines is 4. The Morgan fingerprint density at radius 2 is 1.48 bits per heavy atom. The minimum Gasteiger partial charge on any atom is -0.369 e. The van der Waals surface area contributed by atoms with Gasteiger partial charge in [-0.3, -0.25) is 9.78 Å². The summed E-state index contributed by atoms with van der Waals surface area (Å²) in [4.78, 5) is 20.9. The Bertz CT molecular complexity index is 933. The fraction of sp³-hybridized carbons (Fsp3) is 0.217. The quantitative estimate of drug-likeness (QED) is 0.697. The van der Waals surface area contributed by atoms with Gasteiger partial charge >= 0.3 is 0 Å². The maximum absolute atomic E-state index is 12.2. The molecule has 4 rings (SSSR count). The van der Waals surface area contributed by atoms with Crippen LogP contribution in [-0.2, 0) is 0 Å². The number of pyridine rings is 1. The van der Waals surface area contributed by atoms with E-state index >= 15 is 0 Å². The molecule has 1 saturated heterocycles. The minimum absolute atomic E-state index is 0.168. The summed E-state index contributed by atoms with van der Waals surface area (Å²) in [6, 6.07) is 19.7. The summed E-state index contributed by atoms with van der Waals surface area (Å²) in [6.07, 6.45) is 3.20. The van der Waals surface area contributed by atoms with E-state index in [-0.39, 0.29) is 5.91 Å². The molecule has 0 atom stereocenters. The van der Waals surface area contributed by atoms with Gasteiger partial charge in [0.25, 0.3) is 5.91 Å². The lowest BCUT2D eigenvalue weighted by molar-refractivity contribution is 0.102. The second-order valence-corrected chi connectivity index (χ2v) is 7.24. The van der Waals surface area contributed by atoms with Crippen LogP contribution >= 0.6 is 0 Å². The van der Waals surface area contributed by atoms with Crippen molar-refractivity contribution in [3.63, 3.8) is 0 Å². The molecule has 1 fully saturated rings. The van der Waals surface area contributed by atoms with Crippen LogP contribution in [0.15, 0.2) is 73.1 Å². The van der Waals surface area contributed by atoms with E-state index in [1.54, 1.807) is 24.5 Å². The number of amides is 1. The van der Waals surface area contributed by atoms with Gasteiger partial charge in [0.2, 0.25) is 0 Å². The van der Waals surface area contributed by atoms with Crippen molar-refractivity contribution < 1.29 is 4.79 Å². The Morgan fingerprint density at radius 3 is 2.10 bits per heavy atom. The number of hydrogen-bond donors (Lipinski definition) is 2. The minimum atomic E-state index is -0.168. The zero-order valence-corrected chi connectivity index (χ0v) is 16.5. The lowest BCUT2D eigenvalue weighted by atomic mass is 10.2. The average molecular weight is 387 g/mol. The first-order valence-corrected chi connectivity index (χ1v) is 9.79. The molecule has 148 valence electrons. The Morgan fingerprint density at radius 1 is 0.862 bits per heavy atom. The smallest absolute Gasteiger partial charge is 0.257 e. The first kappa shape index (κ1) is 19.0. The third-order valence-corrected chi connectivity index (χ3v) is 5.09. The number of piperazine rings is 1. The van der Waals surface area contributed by atoms with E-state index in [1.807, 2.05) is 24.3 Å². The van der Waals surface area contributed by atoms with Gasteiger partial charge in [-0.05, 0) is 67.7 Å². The van der Waals surface area contributed by atoms with Gasteiger partial charge in [-0.1, -0.05) is 0 Å². The van der Waals surface area contributed by atoms with Crippen molar-refractivity contribution in [3.05, 3.63) is 78.6 Å². The number of carbonyl (C=O) groups excluding carboxylic acids is 1. The monoisotopic (exact) mass is 387 g/mol. The number of carbonyl (C=O) groups is 1. The normalized spacial score (nSPS) is 14.4. The summed E-state index contributed by atoms with van der Waals surface area (Å²) >= 11 is 0. The molecule has 0 radical (unpaired) electrons. The first-order chi connectivity index (χ1) is 14.2. The molecule has 1 amide bonds. The molecule has 1 aliphatic heterocycles. The number of nitrogens with zero attached hydrogens (tertiary/aromatic N) is 3. The molecule has 2 N–H and O–H groups in total. The van der Waals surface area contributed by atoms with Gasteiger partial charge in [-0.25, -0.2) is 0 Å². The summed E-state index contributed by atoms with van der Waals surface area (Å²) in [5, 5.41) is 6.28. The summed E-state index contributed by atoms with van der Waals surface area (Å²) < 4.78 is 0. The third kappa shape index (κ3) is 4.92. The highest BCUT2D eigenvalue weighted by molar-refractivity contribution is 6.04. The number of rotatable bonds is 5. The largest absolute Gasteiger partial charge is 0.369 e. The summed E-state index contributed by atoms with van der Waals surface area (Å²) in [5.74, 6) is -0.168. The molecule has 0 bridgehead atoms. The van der Waals surface area contributed by atoms with Gasteiger partial charge in [-0.2, -0.15) is 0 Å². The average Bonchev–Trinajstić information content (AvgIpc) is 2.77. The SMILES string of the molecule is CN1CCN(c2ccc(Nc3ccc(NC(=O)c4cccnc4)cc3)cc2)CC1. The van der Waals surface area contributed by atoms with Gasteiger partial charge in [0, 0.05) is 61.3 Å².